The standard InChI is InChI=1S/C13H13F3N2O/c1-8-4-3-5-11(9(8)2)18-12(13(14,15)16)10(7-19)6-17-18/h3-6,19H,7H2,1-2H3. The van der Waals surface area contributed by atoms with E-state index in [4.69, 9.17) is 5.11 Å². The van der Waals surface area contributed by atoms with Crippen molar-refractivity contribution in [3.05, 3.63) is 46.8 Å². The van der Waals surface area contributed by atoms with Crippen LogP contribution in [0.25, 0.3) is 5.69 Å². The van der Waals surface area contributed by atoms with Crippen molar-refractivity contribution in [1.82, 2.24) is 9.78 Å². The lowest BCUT2D eigenvalue weighted by Crippen LogP contribution is -2.16. The molecule has 0 saturated carbocycles. The highest BCUT2D eigenvalue weighted by Crippen LogP contribution is 2.34. The summed E-state index contributed by atoms with van der Waals surface area (Å²) in [7, 11) is 0. The number of aliphatic hydroxyl groups is 1. The maximum Gasteiger partial charge on any atom is 0.433 e. The van der Waals surface area contributed by atoms with Crippen LogP contribution in [0, 0.1) is 13.8 Å². The SMILES string of the molecule is Cc1cccc(-n2ncc(CO)c2C(F)(F)F)c1C. The summed E-state index contributed by atoms with van der Waals surface area (Å²) >= 11 is 0. The van der Waals surface area contributed by atoms with Gasteiger partial charge in [-0.2, -0.15) is 18.3 Å². The van der Waals surface area contributed by atoms with Crippen molar-refractivity contribution in [2.24, 2.45) is 0 Å². The average molecular weight is 270 g/mol. The van der Waals surface area contributed by atoms with Crippen molar-refractivity contribution in [2.45, 2.75) is 26.6 Å². The molecule has 1 aromatic carbocycles. The van der Waals surface area contributed by atoms with Gasteiger partial charge in [0, 0.05) is 5.56 Å². The van der Waals surface area contributed by atoms with Crippen LogP contribution in [0.2, 0.25) is 0 Å². The summed E-state index contributed by atoms with van der Waals surface area (Å²) in [5.74, 6) is 0. The maximum absolute atomic E-state index is 13.1. The Morgan fingerprint density at radius 1 is 1.26 bits per heavy atom. The molecule has 1 heterocycles. The molecule has 102 valence electrons. The van der Waals surface area contributed by atoms with E-state index in [1.54, 1.807) is 19.1 Å². The zero-order chi connectivity index (χ0) is 14.2. The van der Waals surface area contributed by atoms with Crippen molar-refractivity contribution in [1.29, 1.82) is 0 Å². The van der Waals surface area contributed by atoms with Gasteiger partial charge >= 0.3 is 6.18 Å². The molecular weight excluding hydrogens is 257 g/mol. The van der Waals surface area contributed by atoms with Gasteiger partial charge in [0.15, 0.2) is 5.69 Å². The number of halogens is 3. The highest BCUT2D eigenvalue weighted by atomic mass is 19.4. The Morgan fingerprint density at radius 3 is 2.53 bits per heavy atom. The molecule has 19 heavy (non-hydrogen) atoms. The van der Waals surface area contributed by atoms with Gasteiger partial charge in [0.25, 0.3) is 0 Å². The Hall–Kier alpha value is -1.82. The second kappa shape index (κ2) is 4.70. The molecule has 2 aromatic rings. The molecular formula is C13H13F3N2O. The first kappa shape index (κ1) is 13.6. The maximum atomic E-state index is 13.1. The van der Waals surface area contributed by atoms with Gasteiger partial charge in [0.2, 0.25) is 0 Å². The monoisotopic (exact) mass is 270 g/mol. The summed E-state index contributed by atoms with van der Waals surface area (Å²) < 4.78 is 40.1. The van der Waals surface area contributed by atoms with Crippen molar-refractivity contribution in [3.8, 4) is 5.69 Å². The van der Waals surface area contributed by atoms with Crippen LogP contribution in [-0.4, -0.2) is 14.9 Å². The highest BCUT2D eigenvalue weighted by Gasteiger charge is 2.38. The summed E-state index contributed by atoms with van der Waals surface area (Å²) in [5, 5.41) is 12.8. The molecule has 3 nitrogen and oxygen atoms in total. The Morgan fingerprint density at radius 2 is 1.95 bits per heavy atom. The third kappa shape index (κ3) is 2.35. The number of aryl methyl sites for hydroxylation is 1. The number of aromatic nitrogens is 2. The molecule has 0 aliphatic carbocycles. The minimum Gasteiger partial charge on any atom is -0.392 e. The molecule has 0 saturated heterocycles. The molecule has 0 aliphatic heterocycles. The number of alkyl halides is 3. The van der Waals surface area contributed by atoms with Gasteiger partial charge in [-0.15, -0.1) is 0 Å². The van der Waals surface area contributed by atoms with E-state index >= 15 is 0 Å². The summed E-state index contributed by atoms with van der Waals surface area (Å²) in [6, 6.07) is 5.08. The fourth-order valence-electron chi connectivity index (χ4n) is 1.95. The number of aliphatic hydroxyl groups excluding tert-OH is 1. The van der Waals surface area contributed by atoms with Gasteiger partial charge in [0.05, 0.1) is 18.5 Å². The summed E-state index contributed by atoms with van der Waals surface area (Å²) in [4.78, 5) is 0. The zero-order valence-corrected chi connectivity index (χ0v) is 10.5. The van der Waals surface area contributed by atoms with E-state index in [1.807, 2.05) is 13.0 Å². The lowest BCUT2D eigenvalue weighted by molar-refractivity contribution is -0.143. The normalized spacial score (nSPS) is 11.9. The average Bonchev–Trinajstić information content (AvgIpc) is 2.76. The highest BCUT2D eigenvalue weighted by molar-refractivity contribution is 5.46. The second-order valence-electron chi connectivity index (χ2n) is 4.31. The Kier molecular flexibility index (Phi) is 3.36. The molecule has 6 heteroatoms. The van der Waals surface area contributed by atoms with Crippen molar-refractivity contribution in [2.75, 3.05) is 0 Å². The molecule has 0 radical (unpaired) electrons. The van der Waals surface area contributed by atoms with E-state index in [-0.39, 0.29) is 5.56 Å². The van der Waals surface area contributed by atoms with Gasteiger partial charge in [0.1, 0.15) is 0 Å². The van der Waals surface area contributed by atoms with Crippen LogP contribution in [0.15, 0.2) is 24.4 Å². The second-order valence-corrected chi connectivity index (χ2v) is 4.31. The smallest absolute Gasteiger partial charge is 0.392 e. The minimum atomic E-state index is -4.56. The fraction of sp³-hybridized carbons (Fsp3) is 0.308. The molecule has 0 spiro atoms. The van der Waals surface area contributed by atoms with Gasteiger partial charge in [-0.3, -0.25) is 0 Å². The van der Waals surface area contributed by atoms with E-state index in [2.05, 4.69) is 5.10 Å². The number of benzene rings is 1. The van der Waals surface area contributed by atoms with Gasteiger partial charge < -0.3 is 5.11 Å². The molecule has 0 atom stereocenters. The number of hydrogen-bond acceptors (Lipinski definition) is 2. The molecule has 0 amide bonds. The Balaban J connectivity index is 2.70. The molecule has 0 aliphatic rings. The van der Waals surface area contributed by atoms with E-state index in [1.165, 1.54) is 0 Å². The van der Waals surface area contributed by atoms with Crippen LogP contribution in [0.4, 0.5) is 13.2 Å². The Bertz CT molecular complexity index is 602. The van der Waals surface area contributed by atoms with E-state index in [9.17, 15) is 13.2 Å². The number of hydrogen-bond donors (Lipinski definition) is 1. The summed E-state index contributed by atoms with van der Waals surface area (Å²) in [6.45, 7) is 2.87. The first-order valence-electron chi connectivity index (χ1n) is 5.67. The van der Waals surface area contributed by atoms with Gasteiger partial charge in [-0.05, 0) is 31.0 Å². The lowest BCUT2D eigenvalue weighted by atomic mass is 10.1. The quantitative estimate of drug-likeness (QED) is 0.911. The first-order chi connectivity index (χ1) is 8.86. The van der Waals surface area contributed by atoms with Crippen LogP contribution in [0.1, 0.15) is 22.4 Å². The fourth-order valence-corrected chi connectivity index (χ4v) is 1.95. The Labute approximate surface area is 108 Å². The van der Waals surface area contributed by atoms with Crippen molar-refractivity contribution in [3.63, 3.8) is 0 Å². The predicted octanol–water partition coefficient (Wildman–Crippen LogP) is 3.00. The topological polar surface area (TPSA) is 38.0 Å². The summed E-state index contributed by atoms with van der Waals surface area (Å²) in [6.07, 6.45) is -3.52. The van der Waals surface area contributed by atoms with Crippen LogP contribution >= 0.6 is 0 Å². The molecule has 1 aromatic heterocycles. The van der Waals surface area contributed by atoms with Crippen molar-refractivity contribution < 1.29 is 18.3 Å². The lowest BCUT2D eigenvalue weighted by Gasteiger charge is -2.14. The van der Waals surface area contributed by atoms with Gasteiger partial charge in [-0.25, -0.2) is 4.68 Å². The third-order valence-electron chi connectivity index (χ3n) is 3.09. The van der Waals surface area contributed by atoms with Crippen LogP contribution in [0.3, 0.4) is 0 Å². The predicted molar refractivity (Wildman–Crippen MR) is 64.0 cm³/mol. The number of nitrogens with zero attached hydrogens (tertiary/aromatic N) is 2. The van der Waals surface area contributed by atoms with Crippen LogP contribution < -0.4 is 0 Å². The largest absolute Gasteiger partial charge is 0.433 e. The molecule has 2 rings (SSSR count). The summed E-state index contributed by atoms with van der Waals surface area (Å²) in [5.41, 5.74) is 0.816. The number of rotatable bonds is 2. The minimum absolute atomic E-state index is 0.228. The third-order valence-corrected chi connectivity index (χ3v) is 3.09. The zero-order valence-electron chi connectivity index (χ0n) is 10.5. The van der Waals surface area contributed by atoms with E-state index < -0.39 is 18.5 Å². The molecule has 0 unspecified atom stereocenters. The van der Waals surface area contributed by atoms with E-state index in [0.717, 1.165) is 22.0 Å². The van der Waals surface area contributed by atoms with Gasteiger partial charge in [-0.1, -0.05) is 12.1 Å². The van der Waals surface area contributed by atoms with Crippen molar-refractivity contribution >= 4 is 0 Å². The van der Waals surface area contributed by atoms with E-state index in [0.29, 0.717) is 5.69 Å². The van der Waals surface area contributed by atoms with Crippen LogP contribution in [0.5, 0.6) is 0 Å². The molecule has 1 N–H and O–H groups in total. The molecule has 0 fully saturated rings. The first-order valence-corrected chi connectivity index (χ1v) is 5.67. The van der Waals surface area contributed by atoms with Crippen LogP contribution in [-0.2, 0) is 12.8 Å². The molecule has 0 bridgehead atoms.